The summed E-state index contributed by atoms with van der Waals surface area (Å²) in [5.41, 5.74) is 1.31. The van der Waals surface area contributed by atoms with E-state index in [4.69, 9.17) is 4.74 Å². The number of rotatable bonds is 4. The number of hydrogen-bond acceptors (Lipinski definition) is 6. The molecule has 1 aliphatic carbocycles. The third-order valence-electron chi connectivity index (χ3n) is 5.00. The molecule has 0 spiro atoms. The molecule has 0 atom stereocenters. The number of fused-ring (bicyclic) bond motifs is 1. The Morgan fingerprint density at radius 1 is 1.12 bits per heavy atom. The highest BCUT2D eigenvalue weighted by atomic mass is 32.1. The molecule has 0 radical (unpaired) electrons. The number of carbonyl (C=O) groups is 2. The molecule has 168 valence electrons. The zero-order valence-corrected chi connectivity index (χ0v) is 19.4. The first kappa shape index (κ1) is 22.1. The molecule has 2 aromatic heterocycles. The van der Waals surface area contributed by atoms with Crippen LogP contribution in [0.5, 0.6) is 0 Å². The molecule has 0 saturated heterocycles. The van der Waals surface area contributed by atoms with Crippen molar-refractivity contribution in [3.63, 3.8) is 0 Å². The van der Waals surface area contributed by atoms with Gasteiger partial charge in [0.05, 0.1) is 21.9 Å². The van der Waals surface area contributed by atoms with Gasteiger partial charge in [0.1, 0.15) is 22.1 Å². The summed E-state index contributed by atoms with van der Waals surface area (Å²) in [6.45, 7) is 9.00. The third kappa shape index (κ3) is 4.72. The van der Waals surface area contributed by atoms with E-state index in [0.29, 0.717) is 10.8 Å². The van der Waals surface area contributed by atoms with Gasteiger partial charge in [0.2, 0.25) is 0 Å². The van der Waals surface area contributed by atoms with Gasteiger partial charge in [-0.1, -0.05) is 0 Å². The van der Waals surface area contributed by atoms with Crippen LogP contribution in [0.2, 0.25) is 0 Å². The van der Waals surface area contributed by atoms with Gasteiger partial charge in [-0.05, 0) is 71.2 Å². The summed E-state index contributed by atoms with van der Waals surface area (Å²) in [4.78, 5) is 35.8. The number of ether oxygens (including phenoxy) is 1. The SMILES string of the molecule is Cc1nc(C2CC2)nc2sc(C(=O)Nc3cc(F)ccc3NC(=O)OC(C)(C)C)c(C)c12. The van der Waals surface area contributed by atoms with E-state index in [1.165, 1.54) is 23.5 Å². The number of anilines is 2. The smallest absolute Gasteiger partial charge is 0.412 e. The van der Waals surface area contributed by atoms with Crippen LogP contribution in [0.25, 0.3) is 10.2 Å². The van der Waals surface area contributed by atoms with Crippen LogP contribution in [-0.2, 0) is 4.74 Å². The van der Waals surface area contributed by atoms with E-state index in [9.17, 15) is 14.0 Å². The molecule has 9 heteroatoms. The number of hydrogen-bond donors (Lipinski definition) is 2. The molecule has 0 aliphatic heterocycles. The average Bonchev–Trinajstić information content (AvgIpc) is 3.46. The van der Waals surface area contributed by atoms with E-state index >= 15 is 0 Å². The Labute approximate surface area is 189 Å². The summed E-state index contributed by atoms with van der Waals surface area (Å²) >= 11 is 1.29. The van der Waals surface area contributed by atoms with E-state index in [1.54, 1.807) is 20.8 Å². The van der Waals surface area contributed by atoms with Crippen LogP contribution in [-0.4, -0.2) is 27.6 Å². The summed E-state index contributed by atoms with van der Waals surface area (Å²) in [6, 6.07) is 3.74. The van der Waals surface area contributed by atoms with Gasteiger partial charge in [-0.15, -0.1) is 11.3 Å². The number of amides is 2. The highest BCUT2D eigenvalue weighted by Crippen LogP contribution is 2.40. The second-order valence-corrected chi connectivity index (χ2v) is 9.95. The van der Waals surface area contributed by atoms with Crippen molar-refractivity contribution >= 4 is 44.9 Å². The summed E-state index contributed by atoms with van der Waals surface area (Å²) in [5, 5.41) is 6.16. The fraction of sp³-hybridized carbons (Fsp3) is 0.391. The van der Waals surface area contributed by atoms with E-state index < -0.39 is 23.4 Å². The fourth-order valence-electron chi connectivity index (χ4n) is 3.42. The summed E-state index contributed by atoms with van der Waals surface area (Å²) < 4.78 is 19.2. The van der Waals surface area contributed by atoms with Gasteiger partial charge in [-0.25, -0.2) is 19.2 Å². The molecule has 2 amide bonds. The largest absolute Gasteiger partial charge is 0.444 e. The van der Waals surface area contributed by atoms with Crippen molar-refractivity contribution in [2.75, 3.05) is 10.6 Å². The predicted molar refractivity (Wildman–Crippen MR) is 123 cm³/mol. The minimum Gasteiger partial charge on any atom is -0.444 e. The number of thiophene rings is 1. The molecule has 2 heterocycles. The topological polar surface area (TPSA) is 93.2 Å². The van der Waals surface area contributed by atoms with Crippen molar-refractivity contribution in [3.05, 3.63) is 46.0 Å². The molecule has 1 saturated carbocycles. The number of benzene rings is 1. The summed E-state index contributed by atoms with van der Waals surface area (Å²) in [7, 11) is 0. The van der Waals surface area contributed by atoms with Gasteiger partial charge in [-0.2, -0.15) is 0 Å². The average molecular weight is 457 g/mol. The minimum atomic E-state index is -0.698. The molecule has 7 nitrogen and oxygen atoms in total. The standard InChI is InChI=1S/C23H25FN4O3S/c1-11-17-12(2)25-19(13-6-7-13)28-21(17)32-18(11)20(29)26-16-10-14(24)8-9-15(16)27-22(30)31-23(3,4)5/h8-10,13H,6-7H2,1-5H3,(H,26,29)(H,27,30). The maximum atomic E-state index is 13.9. The van der Waals surface area contributed by atoms with Crippen LogP contribution in [0.1, 0.15) is 66.3 Å². The number of halogens is 1. The monoisotopic (exact) mass is 456 g/mol. The molecular weight excluding hydrogens is 431 g/mol. The third-order valence-corrected chi connectivity index (χ3v) is 6.19. The van der Waals surface area contributed by atoms with Crippen molar-refractivity contribution < 1.29 is 18.7 Å². The molecule has 4 rings (SSSR count). The highest BCUT2D eigenvalue weighted by molar-refractivity contribution is 7.20. The van der Waals surface area contributed by atoms with Crippen LogP contribution >= 0.6 is 11.3 Å². The molecule has 0 bridgehead atoms. The molecule has 2 N–H and O–H groups in total. The van der Waals surface area contributed by atoms with E-state index in [-0.39, 0.29) is 11.4 Å². The number of nitrogens with zero attached hydrogens (tertiary/aromatic N) is 2. The second kappa shape index (κ2) is 8.12. The zero-order chi connectivity index (χ0) is 23.2. The lowest BCUT2D eigenvalue weighted by atomic mass is 10.1. The lowest BCUT2D eigenvalue weighted by Gasteiger charge is -2.20. The van der Waals surface area contributed by atoms with Gasteiger partial charge in [0.25, 0.3) is 5.91 Å². The van der Waals surface area contributed by atoms with Crippen molar-refractivity contribution in [3.8, 4) is 0 Å². The first-order valence-electron chi connectivity index (χ1n) is 10.4. The van der Waals surface area contributed by atoms with Gasteiger partial charge in [0, 0.05) is 11.3 Å². The van der Waals surface area contributed by atoms with Crippen LogP contribution in [0, 0.1) is 19.7 Å². The maximum Gasteiger partial charge on any atom is 0.412 e. The maximum absolute atomic E-state index is 13.9. The molecule has 32 heavy (non-hydrogen) atoms. The zero-order valence-electron chi connectivity index (χ0n) is 18.6. The molecular formula is C23H25FN4O3S. The first-order valence-corrected chi connectivity index (χ1v) is 11.2. The van der Waals surface area contributed by atoms with Crippen LogP contribution < -0.4 is 10.6 Å². The number of aryl methyl sites for hydroxylation is 2. The van der Waals surface area contributed by atoms with Gasteiger partial charge in [0.15, 0.2) is 0 Å². The Morgan fingerprint density at radius 3 is 2.50 bits per heavy atom. The quantitative estimate of drug-likeness (QED) is 0.508. The Hall–Kier alpha value is -3.07. The lowest BCUT2D eigenvalue weighted by Crippen LogP contribution is -2.27. The Bertz CT molecular complexity index is 1230. The Kier molecular flexibility index (Phi) is 5.62. The minimum absolute atomic E-state index is 0.138. The molecule has 1 aromatic carbocycles. The van der Waals surface area contributed by atoms with E-state index in [0.717, 1.165) is 46.2 Å². The highest BCUT2D eigenvalue weighted by Gasteiger charge is 2.29. The van der Waals surface area contributed by atoms with Crippen LogP contribution in [0.3, 0.4) is 0 Å². The Morgan fingerprint density at radius 2 is 1.84 bits per heavy atom. The first-order chi connectivity index (χ1) is 15.0. The number of aromatic nitrogens is 2. The van der Waals surface area contributed by atoms with Gasteiger partial charge >= 0.3 is 6.09 Å². The fourth-order valence-corrected chi connectivity index (χ4v) is 4.56. The molecule has 1 fully saturated rings. The second-order valence-electron chi connectivity index (χ2n) is 8.95. The van der Waals surface area contributed by atoms with Gasteiger partial charge in [-0.3, -0.25) is 10.1 Å². The summed E-state index contributed by atoms with van der Waals surface area (Å²) in [6.07, 6.45) is 1.49. The van der Waals surface area contributed by atoms with Crippen LogP contribution in [0.15, 0.2) is 18.2 Å². The summed E-state index contributed by atoms with van der Waals surface area (Å²) in [5.74, 6) is 0.290. The van der Waals surface area contributed by atoms with Crippen molar-refractivity contribution in [2.24, 2.45) is 0 Å². The van der Waals surface area contributed by atoms with Crippen LogP contribution in [0.4, 0.5) is 20.6 Å². The number of carbonyl (C=O) groups excluding carboxylic acids is 2. The van der Waals surface area contributed by atoms with Gasteiger partial charge < -0.3 is 10.1 Å². The van der Waals surface area contributed by atoms with E-state index in [2.05, 4.69) is 20.6 Å². The van der Waals surface area contributed by atoms with E-state index in [1.807, 2.05) is 13.8 Å². The lowest BCUT2D eigenvalue weighted by molar-refractivity contribution is 0.0635. The normalized spacial score (nSPS) is 13.8. The van der Waals surface area contributed by atoms with Crippen molar-refractivity contribution in [1.29, 1.82) is 0 Å². The van der Waals surface area contributed by atoms with Crippen molar-refractivity contribution in [1.82, 2.24) is 9.97 Å². The van der Waals surface area contributed by atoms with Crippen molar-refractivity contribution in [2.45, 2.75) is 59.0 Å². The molecule has 3 aromatic rings. The Balaban J connectivity index is 1.62. The molecule has 0 unspecified atom stereocenters. The predicted octanol–water partition coefficient (Wildman–Crippen LogP) is 5.92. The number of nitrogens with one attached hydrogen (secondary N) is 2. The molecule has 1 aliphatic rings.